The third-order valence-corrected chi connectivity index (χ3v) is 2.92. The van der Waals surface area contributed by atoms with Crippen LogP contribution in [0.2, 0.25) is 0 Å². The Morgan fingerprint density at radius 2 is 1.94 bits per heavy atom. The number of rotatable bonds is 6. The minimum Gasteiger partial charge on any atom is -0.338 e. The van der Waals surface area contributed by atoms with Crippen molar-refractivity contribution in [3.8, 4) is 0 Å². The molecule has 0 aliphatic carbocycles. The molecule has 0 saturated carbocycles. The predicted molar refractivity (Wildman–Crippen MR) is 70.8 cm³/mol. The molecule has 94 valence electrons. The van der Waals surface area contributed by atoms with Crippen molar-refractivity contribution >= 4 is 6.03 Å². The highest BCUT2D eigenvalue weighted by Crippen LogP contribution is 2.04. The average Bonchev–Trinajstić information content (AvgIpc) is 2.37. The zero-order chi connectivity index (χ0) is 12.5. The topological polar surface area (TPSA) is 41.1 Å². The molecule has 0 bridgehead atoms. The van der Waals surface area contributed by atoms with Crippen molar-refractivity contribution in [1.82, 2.24) is 10.6 Å². The van der Waals surface area contributed by atoms with Crippen LogP contribution >= 0.6 is 0 Å². The maximum Gasteiger partial charge on any atom is 0.315 e. The number of urea groups is 1. The number of carbonyl (C=O) groups is 1. The van der Waals surface area contributed by atoms with E-state index in [0.717, 1.165) is 24.9 Å². The van der Waals surface area contributed by atoms with E-state index in [9.17, 15) is 4.79 Å². The summed E-state index contributed by atoms with van der Waals surface area (Å²) in [5, 5.41) is 5.71. The second-order valence-corrected chi connectivity index (χ2v) is 4.40. The largest absolute Gasteiger partial charge is 0.338 e. The highest BCUT2D eigenvalue weighted by molar-refractivity contribution is 5.73. The summed E-state index contributed by atoms with van der Waals surface area (Å²) in [5.41, 5.74) is 1.12. The lowest BCUT2D eigenvalue weighted by molar-refractivity contribution is 0.239. The molecule has 0 aromatic heterocycles. The lowest BCUT2D eigenvalue weighted by atomic mass is 10.1. The molecule has 1 unspecified atom stereocenters. The highest BCUT2D eigenvalue weighted by atomic mass is 16.2. The summed E-state index contributed by atoms with van der Waals surface area (Å²) >= 11 is 0. The smallest absolute Gasteiger partial charge is 0.315 e. The molecule has 0 heterocycles. The lowest BCUT2D eigenvalue weighted by Gasteiger charge is -2.10. The van der Waals surface area contributed by atoms with Crippen LogP contribution < -0.4 is 10.6 Å². The molecule has 0 saturated heterocycles. The van der Waals surface area contributed by atoms with Gasteiger partial charge in [0.15, 0.2) is 0 Å². The molecule has 0 aliphatic heterocycles. The summed E-state index contributed by atoms with van der Waals surface area (Å²) in [7, 11) is 0. The molecule has 2 N–H and O–H groups in total. The molecular formula is C14H22N2O. The lowest BCUT2D eigenvalue weighted by Crippen LogP contribution is -2.35. The molecule has 3 nitrogen and oxygen atoms in total. The molecular weight excluding hydrogens is 212 g/mol. The van der Waals surface area contributed by atoms with Gasteiger partial charge in [-0.1, -0.05) is 50.6 Å². The first-order chi connectivity index (χ1) is 8.22. The van der Waals surface area contributed by atoms with Crippen LogP contribution in [0.1, 0.15) is 32.3 Å². The van der Waals surface area contributed by atoms with E-state index < -0.39 is 0 Å². The van der Waals surface area contributed by atoms with Gasteiger partial charge in [0, 0.05) is 13.1 Å². The summed E-state index contributed by atoms with van der Waals surface area (Å²) in [6, 6.07) is 9.82. The molecule has 0 aliphatic rings. The van der Waals surface area contributed by atoms with E-state index in [1.165, 1.54) is 0 Å². The van der Waals surface area contributed by atoms with Gasteiger partial charge in [0.2, 0.25) is 0 Å². The third kappa shape index (κ3) is 5.95. The monoisotopic (exact) mass is 234 g/mol. The van der Waals surface area contributed by atoms with E-state index >= 15 is 0 Å². The van der Waals surface area contributed by atoms with Crippen LogP contribution in [0.3, 0.4) is 0 Å². The summed E-state index contributed by atoms with van der Waals surface area (Å²) in [4.78, 5) is 11.5. The van der Waals surface area contributed by atoms with Crippen LogP contribution in [0.15, 0.2) is 30.3 Å². The van der Waals surface area contributed by atoms with Gasteiger partial charge < -0.3 is 10.6 Å². The molecule has 17 heavy (non-hydrogen) atoms. The van der Waals surface area contributed by atoms with Crippen LogP contribution in [0, 0.1) is 5.92 Å². The van der Waals surface area contributed by atoms with Gasteiger partial charge in [-0.2, -0.15) is 0 Å². The van der Waals surface area contributed by atoms with Crippen molar-refractivity contribution in [3.63, 3.8) is 0 Å². The van der Waals surface area contributed by atoms with Gasteiger partial charge >= 0.3 is 6.03 Å². The minimum absolute atomic E-state index is 0.0860. The predicted octanol–water partition coefficient (Wildman–Crippen LogP) is 2.92. The fraction of sp³-hybridized carbons (Fsp3) is 0.500. The standard InChI is InChI=1S/C14H22N2O/c1-3-12(2)9-10-15-14(17)16-11-13-7-5-4-6-8-13/h4-8,12H,3,9-11H2,1-2H3,(H2,15,16,17). The van der Waals surface area contributed by atoms with Crippen molar-refractivity contribution in [2.75, 3.05) is 6.54 Å². The van der Waals surface area contributed by atoms with Crippen LogP contribution in [0.25, 0.3) is 0 Å². The molecule has 0 spiro atoms. The molecule has 1 aromatic rings. The minimum atomic E-state index is -0.0860. The van der Waals surface area contributed by atoms with Crippen molar-refractivity contribution in [2.24, 2.45) is 5.92 Å². The molecule has 1 aromatic carbocycles. The van der Waals surface area contributed by atoms with E-state index in [4.69, 9.17) is 0 Å². The number of nitrogens with one attached hydrogen (secondary N) is 2. The Morgan fingerprint density at radius 1 is 1.24 bits per heavy atom. The molecule has 0 radical (unpaired) electrons. The van der Waals surface area contributed by atoms with Gasteiger partial charge in [0.1, 0.15) is 0 Å². The average molecular weight is 234 g/mol. The Balaban J connectivity index is 2.13. The van der Waals surface area contributed by atoms with E-state index in [1.807, 2.05) is 30.3 Å². The SMILES string of the molecule is CCC(C)CCNC(=O)NCc1ccccc1. The van der Waals surface area contributed by atoms with Gasteiger partial charge in [-0.15, -0.1) is 0 Å². The summed E-state index contributed by atoms with van der Waals surface area (Å²) < 4.78 is 0. The molecule has 3 heteroatoms. The van der Waals surface area contributed by atoms with E-state index in [-0.39, 0.29) is 6.03 Å². The Kier molecular flexibility index (Phi) is 6.15. The van der Waals surface area contributed by atoms with Crippen LogP contribution in [0.5, 0.6) is 0 Å². The number of amides is 2. The zero-order valence-electron chi connectivity index (χ0n) is 10.7. The Hall–Kier alpha value is -1.51. The van der Waals surface area contributed by atoms with Crippen LogP contribution in [-0.2, 0) is 6.54 Å². The first-order valence-electron chi connectivity index (χ1n) is 6.28. The molecule has 1 atom stereocenters. The van der Waals surface area contributed by atoms with Gasteiger partial charge in [-0.25, -0.2) is 4.79 Å². The second-order valence-electron chi connectivity index (χ2n) is 4.40. The van der Waals surface area contributed by atoms with E-state index in [2.05, 4.69) is 24.5 Å². The zero-order valence-corrected chi connectivity index (χ0v) is 10.7. The Bertz CT molecular complexity index is 324. The fourth-order valence-corrected chi connectivity index (χ4v) is 1.48. The third-order valence-electron chi connectivity index (χ3n) is 2.92. The number of hydrogen-bond donors (Lipinski definition) is 2. The maximum absolute atomic E-state index is 11.5. The van der Waals surface area contributed by atoms with Gasteiger partial charge in [-0.3, -0.25) is 0 Å². The number of carbonyl (C=O) groups excluding carboxylic acids is 1. The highest BCUT2D eigenvalue weighted by Gasteiger charge is 2.01. The summed E-state index contributed by atoms with van der Waals surface area (Å²) in [6.45, 7) is 5.69. The van der Waals surface area contributed by atoms with Crippen molar-refractivity contribution in [2.45, 2.75) is 33.2 Å². The normalized spacial score (nSPS) is 11.9. The van der Waals surface area contributed by atoms with E-state index in [0.29, 0.717) is 12.5 Å². The van der Waals surface area contributed by atoms with Gasteiger partial charge in [-0.05, 0) is 17.9 Å². The molecule has 2 amide bonds. The first kappa shape index (κ1) is 13.6. The number of benzene rings is 1. The van der Waals surface area contributed by atoms with Gasteiger partial charge in [0.25, 0.3) is 0 Å². The Morgan fingerprint density at radius 3 is 2.59 bits per heavy atom. The van der Waals surface area contributed by atoms with Crippen molar-refractivity contribution in [1.29, 1.82) is 0 Å². The summed E-state index contributed by atoms with van der Waals surface area (Å²) in [5.74, 6) is 0.671. The maximum atomic E-state index is 11.5. The van der Waals surface area contributed by atoms with Crippen molar-refractivity contribution in [3.05, 3.63) is 35.9 Å². The quantitative estimate of drug-likeness (QED) is 0.780. The van der Waals surface area contributed by atoms with Gasteiger partial charge in [0.05, 0.1) is 0 Å². The number of hydrogen-bond acceptors (Lipinski definition) is 1. The van der Waals surface area contributed by atoms with Crippen LogP contribution in [-0.4, -0.2) is 12.6 Å². The van der Waals surface area contributed by atoms with E-state index in [1.54, 1.807) is 0 Å². The fourth-order valence-electron chi connectivity index (χ4n) is 1.48. The van der Waals surface area contributed by atoms with Crippen LogP contribution in [0.4, 0.5) is 4.79 Å². The van der Waals surface area contributed by atoms with Crippen molar-refractivity contribution < 1.29 is 4.79 Å². The summed E-state index contributed by atoms with van der Waals surface area (Å²) in [6.07, 6.45) is 2.20. The second kappa shape index (κ2) is 7.71. The Labute approximate surface area is 104 Å². The molecule has 1 rings (SSSR count). The first-order valence-corrected chi connectivity index (χ1v) is 6.28. The molecule has 0 fully saturated rings.